The second kappa shape index (κ2) is 6.97. The predicted octanol–water partition coefficient (Wildman–Crippen LogP) is 4.26. The lowest BCUT2D eigenvalue weighted by atomic mass is 10.3. The largest absolute Gasteiger partial charge is 0.419 e. The van der Waals surface area contributed by atoms with Crippen LogP contribution in [0.1, 0.15) is 11.5 Å². The Balaban J connectivity index is 1.70. The van der Waals surface area contributed by atoms with Gasteiger partial charge in [0, 0.05) is 0 Å². The number of amides is 1. The van der Waals surface area contributed by atoms with Crippen LogP contribution in [0, 0.1) is 13.8 Å². The average Bonchev–Trinajstić information content (AvgIpc) is 3.09. The van der Waals surface area contributed by atoms with Crippen molar-refractivity contribution in [1.29, 1.82) is 0 Å². The zero-order valence-electron chi connectivity index (χ0n) is 12.7. The predicted molar refractivity (Wildman–Crippen MR) is 93.0 cm³/mol. The summed E-state index contributed by atoms with van der Waals surface area (Å²) in [6, 6.07) is 5.15. The third-order valence-corrected chi connectivity index (χ3v) is 4.11. The summed E-state index contributed by atoms with van der Waals surface area (Å²) in [5, 5.41) is 10.1. The van der Waals surface area contributed by atoms with Gasteiger partial charge >= 0.3 is 6.09 Å². The van der Waals surface area contributed by atoms with E-state index in [0.717, 1.165) is 5.69 Å². The zero-order valence-corrected chi connectivity index (χ0v) is 15.1. The molecule has 3 aromatic heterocycles. The van der Waals surface area contributed by atoms with Crippen molar-refractivity contribution in [2.75, 3.05) is 10.6 Å². The van der Waals surface area contributed by atoms with E-state index in [4.69, 9.17) is 9.26 Å². The third-order valence-electron chi connectivity index (χ3n) is 2.94. The van der Waals surface area contributed by atoms with E-state index in [0.29, 0.717) is 26.9 Å². The molecule has 1 amide bonds. The van der Waals surface area contributed by atoms with Gasteiger partial charge in [0.2, 0.25) is 0 Å². The van der Waals surface area contributed by atoms with Crippen LogP contribution in [0.4, 0.5) is 21.3 Å². The molecule has 24 heavy (non-hydrogen) atoms. The van der Waals surface area contributed by atoms with Crippen LogP contribution < -0.4 is 15.4 Å². The Morgan fingerprint density at radius 1 is 1.38 bits per heavy atom. The van der Waals surface area contributed by atoms with E-state index in [1.54, 1.807) is 30.6 Å². The highest BCUT2D eigenvalue weighted by Gasteiger charge is 2.17. The van der Waals surface area contributed by atoms with Gasteiger partial charge in [0.1, 0.15) is 21.8 Å². The molecule has 10 heteroatoms. The van der Waals surface area contributed by atoms with Gasteiger partial charge in [-0.2, -0.15) is 0 Å². The van der Waals surface area contributed by atoms with Crippen molar-refractivity contribution in [2.45, 2.75) is 13.8 Å². The number of nitrogens with one attached hydrogen (secondary N) is 2. The summed E-state index contributed by atoms with van der Waals surface area (Å²) in [7, 11) is 0. The quantitative estimate of drug-likeness (QED) is 0.620. The summed E-state index contributed by atoms with van der Waals surface area (Å²) in [6.07, 6.45) is -0.687. The lowest BCUT2D eigenvalue weighted by Crippen LogP contribution is -2.18. The first kappa shape index (κ1) is 16.4. The number of anilines is 3. The Hall–Kier alpha value is -2.46. The van der Waals surface area contributed by atoms with Crippen LogP contribution in [0.5, 0.6) is 5.88 Å². The smallest absolute Gasteiger partial charge is 0.388 e. The Bertz CT molecular complexity index is 859. The molecule has 0 spiro atoms. The first-order valence-corrected chi connectivity index (χ1v) is 8.45. The van der Waals surface area contributed by atoms with Gasteiger partial charge in [-0.1, -0.05) is 11.2 Å². The number of nitrogens with zero attached hydrogens (tertiary/aromatic N) is 3. The molecule has 0 radical (unpaired) electrons. The van der Waals surface area contributed by atoms with E-state index in [-0.39, 0.29) is 5.88 Å². The van der Waals surface area contributed by atoms with Crippen LogP contribution in [0.25, 0.3) is 0 Å². The van der Waals surface area contributed by atoms with Crippen molar-refractivity contribution >= 4 is 49.9 Å². The molecule has 2 N–H and O–H groups in total. The van der Waals surface area contributed by atoms with Crippen LogP contribution in [0.3, 0.4) is 0 Å². The molecule has 0 aliphatic carbocycles. The summed E-state index contributed by atoms with van der Waals surface area (Å²) < 4.78 is 10.9. The molecule has 0 unspecified atom stereocenters. The fourth-order valence-corrected chi connectivity index (χ4v) is 2.82. The number of halogens is 1. The SMILES string of the molecule is Cc1noc(C)c1Nc1scnc1OC(=O)Nc1cccc(Br)n1. The second-order valence-electron chi connectivity index (χ2n) is 4.67. The number of aryl methyl sites for hydroxylation is 2. The van der Waals surface area contributed by atoms with Gasteiger partial charge in [-0.25, -0.2) is 14.8 Å². The van der Waals surface area contributed by atoms with Gasteiger partial charge in [0.25, 0.3) is 5.88 Å². The minimum atomic E-state index is -0.687. The molecular weight excluding hydrogens is 398 g/mol. The highest BCUT2D eigenvalue weighted by molar-refractivity contribution is 9.10. The highest BCUT2D eigenvalue weighted by Crippen LogP contribution is 2.33. The van der Waals surface area contributed by atoms with E-state index in [2.05, 4.69) is 41.7 Å². The van der Waals surface area contributed by atoms with Crippen molar-refractivity contribution in [3.63, 3.8) is 0 Å². The standard InChI is InChI=1S/C14H12BrN5O3S/c1-7-11(8(2)23-20-7)19-13-12(16-6-24-13)22-14(21)18-10-5-3-4-9(15)17-10/h3-6,19H,1-2H3,(H,17,18,21). The van der Waals surface area contributed by atoms with Gasteiger partial charge in [0.05, 0.1) is 5.51 Å². The van der Waals surface area contributed by atoms with Crippen molar-refractivity contribution in [3.8, 4) is 5.88 Å². The highest BCUT2D eigenvalue weighted by atomic mass is 79.9. The number of ether oxygens (including phenoxy) is 1. The maximum absolute atomic E-state index is 12.0. The summed E-state index contributed by atoms with van der Waals surface area (Å²) >= 11 is 4.53. The summed E-state index contributed by atoms with van der Waals surface area (Å²) in [6.45, 7) is 3.60. The lowest BCUT2D eigenvalue weighted by molar-refractivity contribution is 0.214. The normalized spacial score (nSPS) is 10.5. The Kier molecular flexibility index (Phi) is 4.76. The van der Waals surface area contributed by atoms with Crippen LogP contribution in [-0.2, 0) is 0 Å². The number of thiazole rings is 1. The average molecular weight is 410 g/mol. The van der Waals surface area contributed by atoms with Crippen molar-refractivity contribution in [3.05, 3.63) is 39.8 Å². The number of pyridine rings is 1. The summed E-state index contributed by atoms with van der Waals surface area (Å²) in [5.74, 6) is 1.16. The minimum absolute atomic E-state index is 0.160. The molecule has 0 aliphatic rings. The number of hydrogen-bond donors (Lipinski definition) is 2. The maximum atomic E-state index is 12.0. The molecule has 3 aromatic rings. The molecule has 3 heterocycles. The monoisotopic (exact) mass is 409 g/mol. The number of carbonyl (C=O) groups excluding carboxylic acids is 1. The first-order chi connectivity index (χ1) is 11.5. The summed E-state index contributed by atoms with van der Waals surface area (Å²) in [4.78, 5) is 20.1. The molecule has 0 saturated carbocycles. The number of aromatic nitrogens is 3. The molecule has 0 bridgehead atoms. The fraction of sp³-hybridized carbons (Fsp3) is 0.143. The Labute approximate surface area is 149 Å². The van der Waals surface area contributed by atoms with E-state index >= 15 is 0 Å². The molecule has 0 atom stereocenters. The van der Waals surface area contributed by atoms with E-state index < -0.39 is 6.09 Å². The van der Waals surface area contributed by atoms with Crippen molar-refractivity contribution in [1.82, 2.24) is 15.1 Å². The molecule has 0 saturated heterocycles. The van der Waals surface area contributed by atoms with Crippen molar-refractivity contribution < 1.29 is 14.1 Å². The molecule has 0 aromatic carbocycles. The van der Waals surface area contributed by atoms with Gasteiger partial charge in [-0.05, 0) is 41.9 Å². The number of hydrogen-bond acceptors (Lipinski definition) is 8. The molecule has 124 valence electrons. The lowest BCUT2D eigenvalue weighted by Gasteiger charge is -2.07. The van der Waals surface area contributed by atoms with Gasteiger partial charge in [-0.3, -0.25) is 5.32 Å². The topological polar surface area (TPSA) is 102 Å². The number of rotatable bonds is 4. The van der Waals surface area contributed by atoms with E-state index in [9.17, 15) is 4.79 Å². The van der Waals surface area contributed by atoms with Gasteiger partial charge < -0.3 is 14.6 Å². The molecule has 8 nitrogen and oxygen atoms in total. The molecule has 3 rings (SSSR count). The summed E-state index contributed by atoms with van der Waals surface area (Å²) in [5.41, 5.74) is 2.99. The first-order valence-electron chi connectivity index (χ1n) is 6.77. The van der Waals surface area contributed by atoms with Gasteiger partial charge in [-0.15, -0.1) is 11.3 Å². The molecule has 0 aliphatic heterocycles. The second-order valence-corrected chi connectivity index (χ2v) is 6.34. The van der Waals surface area contributed by atoms with Gasteiger partial charge in [0.15, 0.2) is 10.8 Å². The molecular formula is C14H12BrN5O3S. The van der Waals surface area contributed by atoms with E-state index in [1.807, 2.05) is 6.92 Å². The van der Waals surface area contributed by atoms with Crippen LogP contribution in [-0.4, -0.2) is 21.2 Å². The fourth-order valence-electron chi connectivity index (χ4n) is 1.86. The van der Waals surface area contributed by atoms with E-state index in [1.165, 1.54) is 11.3 Å². The molecule has 0 fully saturated rings. The van der Waals surface area contributed by atoms with Crippen LogP contribution >= 0.6 is 27.3 Å². The Morgan fingerprint density at radius 2 is 2.21 bits per heavy atom. The number of carbonyl (C=O) groups is 1. The minimum Gasteiger partial charge on any atom is -0.388 e. The van der Waals surface area contributed by atoms with Crippen LogP contribution in [0.15, 0.2) is 32.8 Å². The third kappa shape index (κ3) is 3.71. The van der Waals surface area contributed by atoms with Crippen molar-refractivity contribution in [2.24, 2.45) is 0 Å². The maximum Gasteiger partial charge on any atom is 0.419 e. The Morgan fingerprint density at radius 3 is 2.92 bits per heavy atom. The zero-order chi connectivity index (χ0) is 17.1. The van der Waals surface area contributed by atoms with Crippen LogP contribution in [0.2, 0.25) is 0 Å².